The average Bonchev–Trinajstić information content (AvgIpc) is 3.16. The van der Waals surface area contributed by atoms with Gasteiger partial charge in [-0.05, 0) is 123 Å². The van der Waals surface area contributed by atoms with Crippen molar-refractivity contribution in [2.24, 2.45) is 0 Å². The fourth-order valence-electron chi connectivity index (χ4n) is 6.06. The molecule has 1 fully saturated rings. The van der Waals surface area contributed by atoms with Crippen LogP contribution in [0.5, 0.6) is 0 Å². The van der Waals surface area contributed by atoms with Gasteiger partial charge in [0.2, 0.25) is 22.1 Å². The summed E-state index contributed by atoms with van der Waals surface area (Å²) < 4.78 is 19.4. The number of rotatable bonds is 17. The zero-order chi connectivity index (χ0) is 43.3. The quantitative estimate of drug-likeness (QED) is 0.0804. The van der Waals surface area contributed by atoms with E-state index in [1.54, 1.807) is 32.7 Å². The maximum atomic E-state index is 10.6. The van der Waals surface area contributed by atoms with Crippen LogP contribution in [0.2, 0.25) is 136 Å². The van der Waals surface area contributed by atoms with Gasteiger partial charge in [0.05, 0.1) is 8.80 Å². The summed E-state index contributed by atoms with van der Waals surface area (Å²) in [4.78, 5) is 61.0. The Bertz CT molecular complexity index is 990. The molecule has 4 unspecified atom stereocenters. The van der Waals surface area contributed by atoms with Crippen molar-refractivity contribution in [2.45, 2.75) is 195 Å². The summed E-state index contributed by atoms with van der Waals surface area (Å²) in [6.07, 6.45) is 7.52. The molecule has 1 aliphatic rings. The third kappa shape index (κ3) is 18.8. The summed E-state index contributed by atoms with van der Waals surface area (Å²) in [5, 5.41) is 0. The fraction of sp³-hybridized carbons (Fsp3) is 0.938. The molecule has 0 aromatic heterocycles. The van der Waals surface area contributed by atoms with Crippen molar-refractivity contribution in [3.05, 3.63) is 12.3 Å². The second kappa shape index (κ2) is 23.1. The molecule has 0 saturated carbocycles. The van der Waals surface area contributed by atoms with Gasteiger partial charge in [-0.25, -0.2) is 0 Å². The van der Waals surface area contributed by atoms with Crippen molar-refractivity contribution in [1.29, 1.82) is 0 Å². The Labute approximate surface area is 341 Å². The topological polar surface area (TPSA) is 149 Å². The Balaban J connectivity index is -0.000000655. The molecule has 322 valence electrons. The van der Waals surface area contributed by atoms with E-state index in [0.29, 0.717) is 0 Å². The molecule has 53 heavy (non-hydrogen) atoms. The van der Waals surface area contributed by atoms with Crippen molar-refractivity contribution < 1.29 is 41.1 Å². The van der Waals surface area contributed by atoms with Crippen LogP contribution in [0, 0.1) is 0 Å². The maximum Gasteiger partial charge on any atom is 0.314 e. The smallest absolute Gasteiger partial charge is 0.314 e. The maximum absolute atomic E-state index is 10.6. The first kappa shape index (κ1) is 59.3. The predicted octanol–water partition coefficient (Wildman–Crippen LogP) is 7.80. The number of hydrogen-bond acceptors (Lipinski definition) is 9. The van der Waals surface area contributed by atoms with Crippen molar-refractivity contribution in [1.82, 2.24) is 0 Å². The van der Waals surface area contributed by atoms with Crippen LogP contribution in [0.25, 0.3) is 0 Å². The Hall–Kier alpha value is 1.98. The minimum Gasteiger partial charge on any atom is -0.458 e. The third-order valence-corrected chi connectivity index (χ3v) is 121. The largest absolute Gasteiger partial charge is 0.458 e. The lowest BCUT2D eigenvalue weighted by atomic mass is 10.4. The molecule has 21 heteroatoms. The van der Waals surface area contributed by atoms with E-state index in [9.17, 15) is 28.8 Å². The lowest BCUT2D eigenvalue weighted by molar-refractivity contribution is 0.430. The molecule has 0 bridgehead atoms. The summed E-state index contributed by atoms with van der Waals surface area (Å²) in [6, 6.07) is 3.70. The summed E-state index contributed by atoms with van der Waals surface area (Å²) in [6.45, 7) is 46.3. The van der Waals surface area contributed by atoms with Crippen LogP contribution in [-0.2, 0) is 12.3 Å². The summed E-state index contributed by atoms with van der Waals surface area (Å²) in [5.74, 6) is 0. The van der Waals surface area contributed by atoms with Crippen molar-refractivity contribution in [3.8, 4) is 0 Å². The molecule has 1 saturated heterocycles. The fourth-order valence-corrected chi connectivity index (χ4v) is 108. The van der Waals surface area contributed by atoms with Gasteiger partial charge in [0.15, 0.2) is 56.0 Å². The monoisotopic (exact) mass is 956 g/mol. The number of unbranched alkanes of at least 4 members (excludes halogenated alkanes) is 3. The Morgan fingerprint density at radius 1 is 0.604 bits per heavy atom. The first-order valence-corrected chi connectivity index (χ1v) is 58.8. The van der Waals surface area contributed by atoms with E-state index in [2.05, 4.69) is 78.9 Å². The molecule has 4 atom stereocenters. The van der Waals surface area contributed by atoms with E-state index in [4.69, 9.17) is 12.3 Å². The van der Waals surface area contributed by atoms with Crippen LogP contribution in [-0.4, -0.2) is 124 Å². The molecule has 0 spiro atoms. The number of hydrogen-bond donors (Lipinski definition) is 6. The zero-order valence-corrected chi connectivity index (χ0v) is 51.0. The third-order valence-electron chi connectivity index (χ3n) is 11.7. The molecule has 1 aliphatic heterocycles. The lowest BCUT2D eigenvalue weighted by Gasteiger charge is -2.44. The van der Waals surface area contributed by atoms with Crippen molar-refractivity contribution in [3.63, 3.8) is 0 Å². The standard InChI is InChI=1S/C10H28O3Si4.C10H30O3Si4.C7H16Si.C5H18O3Si3/c1-8-9-10-16(6)12-15(4,5)17(7,13-16)14(2,3)11;1-8-9-10-14(2)13-17(7,15(3,4)11)16(5,6)12;1-4-6-7-8(3)5-2;1-9(2,6)11(5,8)10(3,4)7/h11H,8-10H2,1-7H3;11-12,14H,8-10H2,1-7H3;5,8H,2,4,6-7H2,1,3H3;6-8H,1-5H3. The summed E-state index contributed by atoms with van der Waals surface area (Å²) >= 11 is 0. The first-order valence-electron chi connectivity index (χ1n) is 20.3. The highest BCUT2D eigenvalue weighted by Crippen LogP contribution is 2.42. The van der Waals surface area contributed by atoms with Crippen LogP contribution >= 0.6 is 0 Å². The molecular weight excluding hydrogens is 865 g/mol. The molecule has 9 nitrogen and oxygen atoms in total. The minimum atomic E-state index is -2.72. The molecule has 0 aromatic rings. The molecular formula is C32H92O9Si12. The Morgan fingerprint density at radius 3 is 1.25 bits per heavy atom. The highest BCUT2D eigenvalue weighted by Gasteiger charge is 2.68. The summed E-state index contributed by atoms with van der Waals surface area (Å²) in [5.41, 5.74) is 2.16. The Morgan fingerprint density at radius 2 is 0.981 bits per heavy atom. The lowest BCUT2D eigenvalue weighted by Crippen LogP contribution is -2.75. The van der Waals surface area contributed by atoms with E-state index < -0.39 is 95.5 Å². The Kier molecular flexibility index (Phi) is 25.9. The van der Waals surface area contributed by atoms with Crippen LogP contribution in [0.15, 0.2) is 12.3 Å². The molecule has 1 rings (SSSR count). The van der Waals surface area contributed by atoms with Crippen LogP contribution in [0.3, 0.4) is 0 Å². The van der Waals surface area contributed by atoms with Gasteiger partial charge in [-0.1, -0.05) is 71.9 Å². The van der Waals surface area contributed by atoms with E-state index >= 15 is 0 Å². The average molecular weight is 958 g/mol. The molecule has 6 N–H and O–H groups in total. The first-order chi connectivity index (χ1) is 23.2. The van der Waals surface area contributed by atoms with Crippen molar-refractivity contribution in [2.75, 3.05) is 0 Å². The summed E-state index contributed by atoms with van der Waals surface area (Å²) in [7, 11) is -24.6. The van der Waals surface area contributed by atoms with Gasteiger partial charge in [0, 0.05) is 0 Å². The second-order valence-electron chi connectivity index (χ2n) is 19.3. The van der Waals surface area contributed by atoms with Gasteiger partial charge in [-0.2, -0.15) is 0 Å². The molecule has 0 amide bonds. The van der Waals surface area contributed by atoms with Gasteiger partial charge in [-0.3, -0.25) is 0 Å². The zero-order valence-electron chi connectivity index (χ0n) is 38.7. The van der Waals surface area contributed by atoms with E-state index in [1.807, 2.05) is 39.3 Å². The van der Waals surface area contributed by atoms with Crippen molar-refractivity contribution >= 4 is 95.5 Å². The molecule has 0 radical (unpaired) electrons. The molecule has 0 aromatic carbocycles. The normalized spacial score (nSPS) is 22.3. The van der Waals surface area contributed by atoms with Crippen LogP contribution in [0.1, 0.15) is 59.3 Å². The van der Waals surface area contributed by atoms with Gasteiger partial charge in [-0.15, -0.1) is 12.3 Å². The van der Waals surface area contributed by atoms with Crippen LogP contribution < -0.4 is 0 Å². The minimum absolute atomic E-state index is 0.435. The predicted molar refractivity (Wildman–Crippen MR) is 263 cm³/mol. The highest BCUT2D eigenvalue weighted by molar-refractivity contribution is 7.66. The molecule has 1 heterocycles. The van der Waals surface area contributed by atoms with Gasteiger partial charge < -0.3 is 41.1 Å². The van der Waals surface area contributed by atoms with E-state index in [-0.39, 0.29) is 0 Å². The van der Waals surface area contributed by atoms with Gasteiger partial charge >= 0.3 is 8.56 Å². The SMILES string of the molecule is C=C[SiH](C)CCCC.CCCC[SiH](C)O[Si](C)([Si](C)(C)O)[Si](C)(C)O.CCCC[Si]1(C)O[Si](C)(C)[Si](C)([Si](C)(C)O)O1.C[Si](C)(O)[Si](C)(O)[Si](C)(C)O. The van der Waals surface area contributed by atoms with Crippen LogP contribution in [0.4, 0.5) is 0 Å². The van der Waals surface area contributed by atoms with Gasteiger partial charge in [0.25, 0.3) is 0 Å². The van der Waals surface area contributed by atoms with E-state index in [1.165, 1.54) is 44.6 Å². The second-order valence-corrected chi connectivity index (χ2v) is 98.5. The highest BCUT2D eigenvalue weighted by atomic mass is 29.7. The van der Waals surface area contributed by atoms with E-state index in [0.717, 1.165) is 12.1 Å². The van der Waals surface area contributed by atoms with Gasteiger partial charge in [0.1, 0.15) is 0 Å². The molecule has 0 aliphatic carbocycles.